The van der Waals surface area contributed by atoms with Gasteiger partial charge in [-0.15, -0.1) is 0 Å². The zero-order valence-electron chi connectivity index (χ0n) is 15.4. The van der Waals surface area contributed by atoms with E-state index < -0.39 is 10.0 Å². The molecule has 1 unspecified atom stereocenters. The van der Waals surface area contributed by atoms with Crippen LogP contribution in [0, 0.1) is 0 Å². The van der Waals surface area contributed by atoms with Gasteiger partial charge in [0.25, 0.3) is 5.91 Å². The fourth-order valence-corrected chi connectivity index (χ4v) is 4.44. The van der Waals surface area contributed by atoms with Gasteiger partial charge in [-0.3, -0.25) is 9.59 Å². The summed E-state index contributed by atoms with van der Waals surface area (Å²) in [4.78, 5) is 25.7. The molecule has 0 saturated carbocycles. The van der Waals surface area contributed by atoms with Crippen molar-refractivity contribution in [3.05, 3.63) is 69.7 Å². The van der Waals surface area contributed by atoms with Crippen molar-refractivity contribution in [2.24, 2.45) is 0 Å². The summed E-state index contributed by atoms with van der Waals surface area (Å²) in [6.07, 6.45) is 2.54. The summed E-state index contributed by atoms with van der Waals surface area (Å²) >= 11 is 3.34. The summed E-state index contributed by atoms with van der Waals surface area (Å²) in [5, 5.41) is 2.89. The lowest BCUT2D eigenvalue weighted by Crippen LogP contribution is -2.49. The number of amides is 1. The first-order chi connectivity index (χ1) is 13.3. The van der Waals surface area contributed by atoms with Crippen LogP contribution in [-0.2, 0) is 10.0 Å². The van der Waals surface area contributed by atoms with Crippen molar-refractivity contribution in [1.29, 1.82) is 0 Å². The van der Waals surface area contributed by atoms with E-state index >= 15 is 0 Å². The molecule has 28 heavy (non-hydrogen) atoms. The molecule has 1 aliphatic rings. The number of hydrogen-bond donors (Lipinski definition) is 1. The van der Waals surface area contributed by atoms with Crippen molar-refractivity contribution in [2.75, 3.05) is 19.3 Å². The quantitative estimate of drug-likeness (QED) is 0.689. The maximum absolute atomic E-state index is 12.9. The Hall–Kier alpha value is -2.03. The smallest absolute Gasteiger partial charge is 0.252 e. The second kappa shape index (κ2) is 8.55. The van der Waals surface area contributed by atoms with Crippen LogP contribution >= 0.6 is 15.9 Å². The molecule has 0 bridgehead atoms. The van der Waals surface area contributed by atoms with E-state index in [9.17, 15) is 18.0 Å². The number of ketones is 1. The number of piperidine rings is 1. The zero-order valence-corrected chi connectivity index (χ0v) is 17.8. The van der Waals surface area contributed by atoms with E-state index in [1.54, 1.807) is 48.5 Å². The topological polar surface area (TPSA) is 83.6 Å². The number of hydrogen-bond acceptors (Lipinski definition) is 4. The lowest BCUT2D eigenvalue weighted by molar-refractivity contribution is 0.0912. The second-order valence-electron chi connectivity index (χ2n) is 6.82. The first-order valence-electron chi connectivity index (χ1n) is 8.91. The van der Waals surface area contributed by atoms with Gasteiger partial charge in [-0.25, -0.2) is 12.7 Å². The second-order valence-corrected chi connectivity index (χ2v) is 9.71. The molecule has 1 saturated heterocycles. The lowest BCUT2D eigenvalue weighted by atomic mass is 9.97. The van der Waals surface area contributed by atoms with E-state index in [4.69, 9.17) is 0 Å². The average Bonchev–Trinajstić information content (AvgIpc) is 2.67. The maximum atomic E-state index is 12.9. The van der Waals surface area contributed by atoms with Crippen LogP contribution in [-0.4, -0.2) is 49.8 Å². The van der Waals surface area contributed by atoms with Crippen LogP contribution < -0.4 is 5.32 Å². The van der Waals surface area contributed by atoms with E-state index in [2.05, 4.69) is 21.2 Å². The Morgan fingerprint density at radius 3 is 2.36 bits per heavy atom. The molecular formula is C20H21BrN2O4S. The van der Waals surface area contributed by atoms with Gasteiger partial charge in [0.05, 0.1) is 11.8 Å². The Labute approximate surface area is 173 Å². The van der Waals surface area contributed by atoms with Gasteiger partial charge in [0.15, 0.2) is 5.78 Å². The Bertz CT molecular complexity index is 990. The third-order valence-corrected chi connectivity index (χ3v) is 6.51. The van der Waals surface area contributed by atoms with Gasteiger partial charge >= 0.3 is 0 Å². The minimum absolute atomic E-state index is 0.236. The molecule has 1 fully saturated rings. The van der Waals surface area contributed by atoms with Crippen LogP contribution in [0.4, 0.5) is 0 Å². The summed E-state index contributed by atoms with van der Waals surface area (Å²) in [5.74, 6) is -0.610. The molecule has 1 N–H and O–H groups in total. The highest BCUT2D eigenvalue weighted by Crippen LogP contribution is 2.19. The molecule has 3 rings (SSSR count). The number of nitrogens with one attached hydrogen (secondary N) is 1. The van der Waals surface area contributed by atoms with E-state index in [0.717, 1.165) is 4.47 Å². The van der Waals surface area contributed by atoms with E-state index in [1.165, 1.54) is 10.6 Å². The van der Waals surface area contributed by atoms with Gasteiger partial charge in [-0.05, 0) is 43.2 Å². The maximum Gasteiger partial charge on any atom is 0.252 e. The molecule has 1 heterocycles. The molecule has 1 aliphatic heterocycles. The van der Waals surface area contributed by atoms with Crippen LogP contribution in [0.15, 0.2) is 53.0 Å². The number of rotatable bonds is 5. The SMILES string of the molecule is CS(=O)(=O)N1CCCC(NC(=O)c2ccccc2C(=O)c2ccc(Br)cc2)C1. The van der Waals surface area contributed by atoms with Gasteiger partial charge in [-0.2, -0.15) is 0 Å². The minimum Gasteiger partial charge on any atom is -0.348 e. The van der Waals surface area contributed by atoms with Crippen LogP contribution in [0.5, 0.6) is 0 Å². The molecule has 8 heteroatoms. The number of carbonyl (C=O) groups excluding carboxylic acids is 2. The fourth-order valence-electron chi connectivity index (χ4n) is 3.26. The molecule has 2 aromatic rings. The van der Waals surface area contributed by atoms with Crippen LogP contribution in [0.2, 0.25) is 0 Å². The van der Waals surface area contributed by atoms with E-state index in [-0.39, 0.29) is 29.8 Å². The standard InChI is InChI=1S/C20H21BrN2O4S/c1-28(26,27)23-12-4-5-16(13-23)22-20(25)18-7-3-2-6-17(18)19(24)14-8-10-15(21)11-9-14/h2-3,6-11,16H,4-5,12-13H2,1H3,(H,22,25). The van der Waals surface area contributed by atoms with Crippen LogP contribution in [0.1, 0.15) is 39.1 Å². The summed E-state index contributed by atoms with van der Waals surface area (Å²) in [5.41, 5.74) is 1.09. The van der Waals surface area contributed by atoms with Crippen LogP contribution in [0.25, 0.3) is 0 Å². The van der Waals surface area contributed by atoms with Gasteiger partial charge in [0.2, 0.25) is 10.0 Å². The van der Waals surface area contributed by atoms with Crippen LogP contribution in [0.3, 0.4) is 0 Å². The predicted molar refractivity (Wildman–Crippen MR) is 111 cm³/mol. The normalized spacial score (nSPS) is 17.9. The molecule has 0 aliphatic carbocycles. The summed E-state index contributed by atoms with van der Waals surface area (Å²) in [6, 6.07) is 13.3. The van der Waals surface area contributed by atoms with Gasteiger partial charge in [0, 0.05) is 34.7 Å². The van der Waals surface area contributed by atoms with Gasteiger partial charge in [-0.1, -0.05) is 34.1 Å². The molecular weight excluding hydrogens is 444 g/mol. The highest BCUT2D eigenvalue weighted by Gasteiger charge is 2.28. The summed E-state index contributed by atoms with van der Waals surface area (Å²) in [6.45, 7) is 0.706. The lowest BCUT2D eigenvalue weighted by Gasteiger charge is -2.31. The molecule has 1 atom stereocenters. The summed E-state index contributed by atoms with van der Waals surface area (Å²) in [7, 11) is -3.30. The van der Waals surface area contributed by atoms with Crippen molar-refractivity contribution < 1.29 is 18.0 Å². The Kier molecular flexibility index (Phi) is 6.32. The Balaban J connectivity index is 1.79. The van der Waals surface area contributed by atoms with Crippen molar-refractivity contribution in [2.45, 2.75) is 18.9 Å². The molecule has 1 amide bonds. The van der Waals surface area contributed by atoms with Crippen molar-refractivity contribution in [3.63, 3.8) is 0 Å². The monoisotopic (exact) mass is 464 g/mol. The van der Waals surface area contributed by atoms with Gasteiger partial charge in [0.1, 0.15) is 0 Å². The number of sulfonamides is 1. The fraction of sp³-hybridized carbons (Fsp3) is 0.300. The highest BCUT2D eigenvalue weighted by molar-refractivity contribution is 9.10. The largest absolute Gasteiger partial charge is 0.348 e. The van der Waals surface area contributed by atoms with Crippen molar-refractivity contribution in [3.8, 4) is 0 Å². The Morgan fingerprint density at radius 1 is 1.07 bits per heavy atom. The third kappa shape index (κ3) is 4.87. The molecule has 148 valence electrons. The molecule has 0 radical (unpaired) electrons. The van der Waals surface area contributed by atoms with Gasteiger partial charge < -0.3 is 5.32 Å². The van der Waals surface area contributed by atoms with Crippen molar-refractivity contribution >= 4 is 37.6 Å². The molecule has 2 aromatic carbocycles. The first-order valence-corrected chi connectivity index (χ1v) is 11.5. The molecule has 0 spiro atoms. The molecule has 0 aromatic heterocycles. The number of benzene rings is 2. The first kappa shape index (κ1) is 20.7. The number of carbonyl (C=O) groups is 2. The number of halogens is 1. The van der Waals surface area contributed by atoms with Crippen molar-refractivity contribution in [1.82, 2.24) is 9.62 Å². The molecule has 6 nitrogen and oxygen atoms in total. The van der Waals surface area contributed by atoms with E-state index in [0.29, 0.717) is 30.5 Å². The summed E-state index contributed by atoms with van der Waals surface area (Å²) < 4.78 is 25.8. The Morgan fingerprint density at radius 2 is 1.71 bits per heavy atom. The minimum atomic E-state index is -3.30. The number of nitrogens with zero attached hydrogens (tertiary/aromatic N) is 1. The highest BCUT2D eigenvalue weighted by atomic mass is 79.9. The predicted octanol–water partition coefficient (Wildman–Crippen LogP) is 2.83. The zero-order chi connectivity index (χ0) is 20.3. The van der Waals surface area contributed by atoms with E-state index in [1.807, 2.05) is 0 Å². The average molecular weight is 465 g/mol. The third-order valence-electron chi connectivity index (χ3n) is 4.71.